The predicted molar refractivity (Wildman–Crippen MR) is 96.8 cm³/mol. The molecule has 1 atom stereocenters. The summed E-state index contributed by atoms with van der Waals surface area (Å²) in [6.45, 7) is 2.14. The quantitative estimate of drug-likeness (QED) is 0.787. The van der Waals surface area contributed by atoms with Crippen LogP contribution in [0.5, 0.6) is 0 Å². The van der Waals surface area contributed by atoms with E-state index in [1.54, 1.807) is 31.2 Å². The lowest BCUT2D eigenvalue weighted by Crippen LogP contribution is -2.46. The van der Waals surface area contributed by atoms with Gasteiger partial charge in [-0.2, -0.15) is 0 Å². The Hall–Kier alpha value is -2.79. The Morgan fingerprint density at radius 3 is 2.48 bits per heavy atom. The number of hydrogen-bond acceptors (Lipinski definition) is 2. The normalized spacial score (nSPS) is 16.9. The van der Waals surface area contributed by atoms with Gasteiger partial charge >= 0.3 is 6.03 Å². The maximum atomic E-state index is 12.8. The molecule has 128 valence electrons. The van der Waals surface area contributed by atoms with E-state index in [0.29, 0.717) is 22.8 Å². The molecule has 1 aliphatic heterocycles. The average Bonchev–Trinajstić information content (AvgIpc) is 2.60. The maximum absolute atomic E-state index is 12.8. The summed E-state index contributed by atoms with van der Waals surface area (Å²) in [5, 5.41) is 8.97. The molecule has 0 radical (unpaired) electrons. The monoisotopic (exact) mass is 355 g/mol. The zero-order chi connectivity index (χ0) is 17.8. The fourth-order valence-electron chi connectivity index (χ4n) is 2.77. The van der Waals surface area contributed by atoms with E-state index in [2.05, 4.69) is 16.0 Å². The molecule has 2 aromatic rings. The van der Waals surface area contributed by atoms with Gasteiger partial charge in [-0.1, -0.05) is 54.1 Å². The van der Waals surface area contributed by atoms with E-state index in [1.165, 1.54) is 0 Å². The molecular weight excluding hydrogens is 338 g/mol. The topological polar surface area (TPSA) is 70.2 Å². The van der Waals surface area contributed by atoms with Crippen LogP contribution in [-0.2, 0) is 11.3 Å². The predicted octanol–water partition coefficient (Wildman–Crippen LogP) is 3.28. The van der Waals surface area contributed by atoms with Crippen LogP contribution in [0.3, 0.4) is 0 Å². The first-order valence-corrected chi connectivity index (χ1v) is 8.28. The van der Waals surface area contributed by atoms with Gasteiger partial charge in [0, 0.05) is 17.3 Å². The number of hydrogen-bond donors (Lipinski definition) is 3. The molecule has 3 N–H and O–H groups in total. The van der Waals surface area contributed by atoms with Gasteiger partial charge in [0.05, 0.1) is 11.6 Å². The highest BCUT2D eigenvalue weighted by Gasteiger charge is 2.30. The number of carbonyl (C=O) groups is 2. The van der Waals surface area contributed by atoms with Gasteiger partial charge in [-0.15, -0.1) is 0 Å². The highest BCUT2D eigenvalue weighted by atomic mass is 35.5. The van der Waals surface area contributed by atoms with E-state index in [4.69, 9.17) is 11.6 Å². The number of benzene rings is 2. The van der Waals surface area contributed by atoms with Crippen LogP contribution < -0.4 is 16.0 Å². The zero-order valence-electron chi connectivity index (χ0n) is 13.7. The van der Waals surface area contributed by atoms with Gasteiger partial charge in [-0.3, -0.25) is 4.79 Å². The van der Waals surface area contributed by atoms with Crippen LogP contribution in [-0.4, -0.2) is 11.9 Å². The summed E-state index contributed by atoms with van der Waals surface area (Å²) in [4.78, 5) is 24.6. The Bertz CT molecular complexity index is 816. The van der Waals surface area contributed by atoms with Gasteiger partial charge in [0.15, 0.2) is 0 Å². The van der Waals surface area contributed by atoms with Crippen LogP contribution in [0, 0.1) is 0 Å². The molecule has 0 spiro atoms. The van der Waals surface area contributed by atoms with E-state index < -0.39 is 6.04 Å². The smallest absolute Gasteiger partial charge is 0.319 e. The lowest BCUT2D eigenvalue weighted by molar-refractivity contribution is -0.118. The van der Waals surface area contributed by atoms with Crippen molar-refractivity contribution >= 4 is 23.5 Å². The SMILES string of the molecule is CC1=C(C(=O)NCc2ccccc2)C(c2ccc(Cl)cc2)NC(=O)N1. The van der Waals surface area contributed by atoms with E-state index >= 15 is 0 Å². The Balaban J connectivity index is 1.84. The molecule has 6 heteroatoms. The molecule has 25 heavy (non-hydrogen) atoms. The third kappa shape index (κ3) is 4.00. The molecule has 3 rings (SSSR count). The summed E-state index contributed by atoms with van der Waals surface area (Å²) in [6, 6.07) is 15.9. The van der Waals surface area contributed by atoms with Crippen LogP contribution in [0.25, 0.3) is 0 Å². The van der Waals surface area contributed by atoms with Crippen molar-refractivity contribution in [3.63, 3.8) is 0 Å². The third-order valence-electron chi connectivity index (χ3n) is 4.01. The largest absolute Gasteiger partial charge is 0.348 e. The van der Waals surface area contributed by atoms with Crippen LogP contribution >= 0.6 is 11.6 Å². The second kappa shape index (κ2) is 7.40. The van der Waals surface area contributed by atoms with Gasteiger partial charge in [0.1, 0.15) is 0 Å². The summed E-state index contributed by atoms with van der Waals surface area (Å²) in [5.41, 5.74) is 2.82. The molecule has 1 heterocycles. The summed E-state index contributed by atoms with van der Waals surface area (Å²) in [5.74, 6) is -0.228. The van der Waals surface area contributed by atoms with Gasteiger partial charge in [0.25, 0.3) is 5.91 Å². The van der Waals surface area contributed by atoms with Crippen LogP contribution in [0.2, 0.25) is 5.02 Å². The molecule has 0 bridgehead atoms. The van der Waals surface area contributed by atoms with Gasteiger partial charge in [0.2, 0.25) is 0 Å². The number of carbonyl (C=O) groups excluding carboxylic acids is 2. The first-order chi connectivity index (χ1) is 12.0. The number of halogens is 1. The number of nitrogens with one attached hydrogen (secondary N) is 3. The minimum atomic E-state index is -0.526. The molecule has 1 aliphatic rings. The average molecular weight is 356 g/mol. The molecular formula is C19H18ClN3O2. The van der Waals surface area contributed by atoms with Crippen molar-refractivity contribution in [2.45, 2.75) is 19.5 Å². The minimum Gasteiger partial charge on any atom is -0.348 e. The maximum Gasteiger partial charge on any atom is 0.319 e. The van der Waals surface area contributed by atoms with Crippen molar-refractivity contribution < 1.29 is 9.59 Å². The lowest BCUT2D eigenvalue weighted by atomic mass is 9.95. The first-order valence-electron chi connectivity index (χ1n) is 7.90. The van der Waals surface area contributed by atoms with Crippen LogP contribution in [0.4, 0.5) is 4.79 Å². The Labute approximate surface area is 151 Å². The number of allylic oxidation sites excluding steroid dienone is 1. The highest BCUT2D eigenvalue weighted by Crippen LogP contribution is 2.27. The minimum absolute atomic E-state index is 0.228. The second-order valence-corrected chi connectivity index (χ2v) is 6.23. The van der Waals surface area contributed by atoms with Gasteiger partial charge < -0.3 is 16.0 Å². The van der Waals surface area contributed by atoms with Crippen LogP contribution in [0.15, 0.2) is 65.9 Å². The van der Waals surface area contributed by atoms with E-state index in [0.717, 1.165) is 11.1 Å². The van der Waals surface area contributed by atoms with E-state index in [-0.39, 0.29) is 11.9 Å². The van der Waals surface area contributed by atoms with E-state index in [9.17, 15) is 9.59 Å². The first kappa shape index (κ1) is 17.0. The molecule has 0 saturated heterocycles. The van der Waals surface area contributed by atoms with Gasteiger partial charge in [-0.05, 0) is 30.2 Å². The molecule has 1 unspecified atom stereocenters. The fraction of sp³-hybridized carbons (Fsp3) is 0.158. The molecule has 0 aromatic heterocycles. The highest BCUT2D eigenvalue weighted by molar-refractivity contribution is 6.30. The van der Waals surface area contributed by atoms with Crippen molar-refractivity contribution in [1.29, 1.82) is 0 Å². The second-order valence-electron chi connectivity index (χ2n) is 5.79. The third-order valence-corrected chi connectivity index (χ3v) is 4.26. The Morgan fingerprint density at radius 2 is 1.80 bits per heavy atom. The molecule has 0 aliphatic carbocycles. The van der Waals surface area contributed by atoms with Crippen molar-refractivity contribution in [1.82, 2.24) is 16.0 Å². The summed E-state index contributed by atoms with van der Waals surface area (Å²) < 4.78 is 0. The molecule has 5 nitrogen and oxygen atoms in total. The molecule has 3 amide bonds. The number of urea groups is 1. The van der Waals surface area contributed by atoms with Crippen LogP contribution in [0.1, 0.15) is 24.1 Å². The summed E-state index contributed by atoms with van der Waals surface area (Å²) in [7, 11) is 0. The zero-order valence-corrected chi connectivity index (χ0v) is 14.4. The van der Waals surface area contributed by atoms with E-state index in [1.807, 2.05) is 30.3 Å². The number of amides is 3. The summed E-state index contributed by atoms with van der Waals surface area (Å²) >= 11 is 5.93. The fourth-order valence-corrected chi connectivity index (χ4v) is 2.90. The van der Waals surface area contributed by atoms with Crippen molar-refractivity contribution in [3.05, 3.63) is 82.0 Å². The standard InChI is InChI=1S/C19H18ClN3O2/c1-12-16(18(24)21-11-13-5-3-2-4-6-13)17(23-19(25)22-12)14-7-9-15(20)10-8-14/h2-10,17H,11H2,1H3,(H,21,24)(H2,22,23,25). The lowest BCUT2D eigenvalue weighted by Gasteiger charge is -2.28. The van der Waals surface area contributed by atoms with Crippen molar-refractivity contribution in [2.75, 3.05) is 0 Å². The Kier molecular flexibility index (Phi) is 5.05. The number of rotatable bonds is 4. The van der Waals surface area contributed by atoms with Crippen molar-refractivity contribution in [2.24, 2.45) is 0 Å². The Morgan fingerprint density at radius 1 is 1.12 bits per heavy atom. The molecule has 2 aromatic carbocycles. The summed E-state index contributed by atoms with van der Waals surface area (Å²) in [6.07, 6.45) is 0. The van der Waals surface area contributed by atoms with Crippen molar-refractivity contribution in [3.8, 4) is 0 Å². The van der Waals surface area contributed by atoms with Gasteiger partial charge in [-0.25, -0.2) is 4.79 Å². The molecule has 0 fully saturated rings. The molecule has 0 saturated carbocycles.